The molecule has 1 aromatic heterocycles. The summed E-state index contributed by atoms with van der Waals surface area (Å²) in [6, 6.07) is 10.8. The van der Waals surface area contributed by atoms with Crippen LogP contribution >= 0.6 is 0 Å². The zero-order valence-corrected chi connectivity index (χ0v) is 15.3. The van der Waals surface area contributed by atoms with E-state index in [4.69, 9.17) is 15.6 Å². The minimum absolute atomic E-state index is 0.0922. The molecule has 0 unspecified atom stereocenters. The lowest BCUT2D eigenvalue weighted by molar-refractivity contribution is -0.115. The summed E-state index contributed by atoms with van der Waals surface area (Å²) in [4.78, 5) is 16.1. The number of carbonyl (C=O) groups is 1. The number of hydrogen-bond donors (Lipinski definition) is 3. The molecule has 0 spiro atoms. The van der Waals surface area contributed by atoms with E-state index < -0.39 is 0 Å². The lowest BCUT2D eigenvalue weighted by Crippen LogP contribution is -2.41. The minimum atomic E-state index is -0.186. The van der Waals surface area contributed by atoms with Crippen molar-refractivity contribution in [2.45, 2.75) is 13.0 Å². The molecule has 0 radical (unpaired) electrons. The zero-order chi connectivity index (χ0) is 19.3. The Hall–Kier alpha value is -3.24. The van der Waals surface area contributed by atoms with Crippen molar-refractivity contribution in [2.24, 2.45) is 4.99 Å². The molecule has 3 N–H and O–H groups in total. The molecule has 7 nitrogen and oxygen atoms in total. The van der Waals surface area contributed by atoms with Crippen molar-refractivity contribution in [2.75, 3.05) is 32.1 Å². The van der Waals surface area contributed by atoms with Crippen molar-refractivity contribution < 1.29 is 13.9 Å². The summed E-state index contributed by atoms with van der Waals surface area (Å²) in [6.45, 7) is 1.82. The predicted octanol–water partition coefficient (Wildman–Crippen LogP) is 1.97. The van der Waals surface area contributed by atoms with Crippen molar-refractivity contribution in [3.63, 3.8) is 0 Å². The standard InChI is InChI=1S/C20H24N4O3/c1-3-16-7-4-8-17(13-16)24-19(25)14-23-20(21-2)22-10-6-11-26-15-18-9-5-12-27-18/h1,4-5,7-9,12-13H,6,10-11,14-15H2,2H3,(H,24,25)(H2,21,22,23). The van der Waals surface area contributed by atoms with Crippen molar-refractivity contribution >= 4 is 17.6 Å². The number of terminal acetylenes is 1. The molecule has 1 heterocycles. The molecule has 0 aliphatic heterocycles. The van der Waals surface area contributed by atoms with E-state index in [9.17, 15) is 4.79 Å². The maximum Gasteiger partial charge on any atom is 0.243 e. The number of guanidine groups is 1. The monoisotopic (exact) mass is 368 g/mol. The van der Waals surface area contributed by atoms with Crippen LogP contribution in [0, 0.1) is 12.3 Å². The summed E-state index contributed by atoms with van der Waals surface area (Å²) in [7, 11) is 1.65. The fourth-order valence-corrected chi connectivity index (χ4v) is 2.23. The third-order valence-electron chi connectivity index (χ3n) is 3.54. The smallest absolute Gasteiger partial charge is 0.243 e. The molecule has 2 rings (SSSR count). The second kappa shape index (κ2) is 11.4. The van der Waals surface area contributed by atoms with E-state index in [0.29, 0.717) is 37.0 Å². The number of furan rings is 1. The first kappa shape index (κ1) is 20.1. The number of nitrogens with one attached hydrogen (secondary N) is 3. The highest BCUT2D eigenvalue weighted by Crippen LogP contribution is 2.09. The van der Waals surface area contributed by atoms with Gasteiger partial charge in [-0.15, -0.1) is 6.42 Å². The molecule has 1 aromatic carbocycles. The number of nitrogens with zero attached hydrogens (tertiary/aromatic N) is 1. The summed E-state index contributed by atoms with van der Waals surface area (Å²) >= 11 is 0. The van der Waals surface area contributed by atoms with Gasteiger partial charge in [0.1, 0.15) is 12.4 Å². The van der Waals surface area contributed by atoms with Gasteiger partial charge in [0.05, 0.1) is 12.8 Å². The second-order valence-electron chi connectivity index (χ2n) is 5.61. The Morgan fingerprint density at radius 1 is 1.30 bits per heavy atom. The van der Waals surface area contributed by atoms with E-state index in [-0.39, 0.29) is 12.5 Å². The van der Waals surface area contributed by atoms with E-state index in [0.717, 1.165) is 12.2 Å². The van der Waals surface area contributed by atoms with Crippen LogP contribution in [-0.4, -0.2) is 38.6 Å². The van der Waals surface area contributed by atoms with E-state index in [1.807, 2.05) is 12.1 Å². The average molecular weight is 368 g/mol. The van der Waals surface area contributed by atoms with Gasteiger partial charge in [0.15, 0.2) is 5.96 Å². The minimum Gasteiger partial charge on any atom is -0.467 e. The lowest BCUT2D eigenvalue weighted by Gasteiger charge is -2.12. The van der Waals surface area contributed by atoms with Gasteiger partial charge in [-0.2, -0.15) is 0 Å². The van der Waals surface area contributed by atoms with Gasteiger partial charge in [0.25, 0.3) is 0 Å². The van der Waals surface area contributed by atoms with E-state index in [1.165, 1.54) is 0 Å². The highest BCUT2D eigenvalue weighted by atomic mass is 16.5. The first-order chi connectivity index (χ1) is 13.2. The molecule has 142 valence electrons. The van der Waals surface area contributed by atoms with Gasteiger partial charge < -0.3 is 25.1 Å². The van der Waals surface area contributed by atoms with Gasteiger partial charge in [-0.05, 0) is 36.8 Å². The Morgan fingerprint density at radius 3 is 2.93 bits per heavy atom. The van der Waals surface area contributed by atoms with Gasteiger partial charge in [0.2, 0.25) is 5.91 Å². The van der Waals surface area contributed by atoms with Gasteiger partial charge in [0, 0.05) is 31.5 Å². The number of benzene rings is 1. The fraction of sp³-hybridized carbons (Fsp3) is 0.300. The largest absolute Gasteiger partial charge is 0.467 e. The number of amides is 1. The number of ether oxygens (including phenoxy) is 1. The van der Waals surface area contributed by atoms with Gasteiger partial charge in [-0.3, -0.25) is 9.79 Å². The normalized spacial score (nSPS) is 10.9. The van der Waals surface area contributed by atoms with Gasteiger partial charge in [-0.1, -0.05) is 12.0 Å². The Labute approximate surface area is 159 Å². The number of aliphatic imine (C=N–C) groups is 1. The molecule has 2 aromatic rings. The first-order valence-electron chi connectivity index (χ1n) is 8.62. The number of hydrogen-bond acceptors (Lipinski definition) is 4. The molecule has 7 heteroatoms. The third-order valence-corrected chi connectivity index (χ3v) is 3.54. The molecule has 0 saturated heterocycles. The number of carbonyl (C=O) groups excluding carboxylic acids is 1. The topological polar surface area (TPSA) is 87.9 Å². The van der Waals surface area contributed by atoms with E-state index in [2.05, 4.69) is 26.9 Å². The summed E-state index contributed by atoms with van der Waals surface area (Å²) < 4.78 is 10.7. The van der Waals surface area contributed by atoms with Crippen LogP contribution in [0.4, 0.5) is 5.69 Å². The Bertz CT molecular complexity index is 779. The Morgan fingerprint density at radius 2 is 2.19 bits per heavy atom. The molecule has 0 aliphatic rings. The van der Waals surface area contributed by atoms with Crippen LogP contribution in [0.1, 0.15) is 17.7 Å². The van der Waals surface area contributed by atoms with Crippen LogP contribution in [-0.2, 0) is 16.1 Å². The van der Waals surface area contributed by atoms with Crippen LogP contribution in [0.5, 0.6) is 0 Å². The lowest BCUT2D eigenvalue weighted by atomic mass is 10.2. The maximum absolute atomic E-state index is 12.0. The van der Waals surface area contributed by atoms with Crippen LogP contribution in [0.25, 0.3) is 0 Å². The molecular weight excluding hydrogens is 344 g/mol. The summed E-state index contributed by atoms with van der Waals surface area (Å²) in [5, 5.41) is 8.88. The number of rotatable bonds is 9. The fourth-order valence-electron chi connectivity index (χ4n) is 2.23. The Balaban J connectivity index is 1.60. The maximum atomic E-state index is 12.0. The molecule has 0 saturated carbocycles. The highest BCUT2D eigenvalue weighted by Gasteiger charge is 2.04. The first-order valence-corrected chi connectivity index (χ1v) is 8.62. The highest BCUT2D eigenvalue weighted by molar-refractivity contribution is 5.95. The molecule has 0 bridgehead atoms. The number of anilines is 1. The van der Waals surface area contributed by atoms with Crippen molar-refractivity contribution in [1.29, 1.82) is 0 Å². The summed E-state index contributed by atoms with van der Waals surface area (Å²) in [6.07, 6.45) is 7.78. The van der Waals surface area contributed by atoms with Crippen LogP contribution in [0.2, 0.25) is 0 Å². The third kappa shape index (κ3) is 7.67. The zero-order valence-electron chi connectivity index (χ0n) is 15.3. The van der Waals surface area contributed by atoms with Gasteiger partial charge >= 0.3 is 0 Å². The van der Waals surface area contributed by atoms with Crippen molar-refractivity contribution in [3.05, 3.63) is 54.0 Å². The second-order valence-corrected chi connectivity index (χ2v) is 5.61. The quantitative estimate of drug-likeness (QED) is 0.273. The van der Waals surface area contributed by atoms with Crippen LogP contribution < -0.4 is 16.0 Å². The molecule has 1 amide bonds. The molecular formula is C20H24N4O3. The van der Waals surface area contributed by atoms with Crippen molar-refractivity contribution in [1.82, 2.24) is 10.6 Å². The average Bonchev–Trinajstić information content (AvgIpc) is 3.20. The van der Waals surface area contributed by atoms with Gasteiger partial charge in [-0.25, -0.2) is 0 Å². The molecule has 0 aliphatic carbocycles. The molecule has 0 fully saturated rings. The molecule has 0 atom stereocenters. The summed E-state index contributed by atoms with van der Waals surface area (Å²) in [5.74, 6) is 3.70. The van der Waals surface area contributed by atoms with Crippen molar-refractivity contribution in [3.8, 4) is 12.3 Å². The summed E-state index contributed by atoms with van der Waals surface area (Å²) in [5.41, 5.74) is 1.38. The van der Waals surface area contributed by atoms with E-state index >= 15 is 0 Å². The molecule has 27 heavy (non-hydrogen) atoms. The SMILES string of the molecule is C#Cc1cccc(NC(=O)CNC(=NC)NCCCOCc2ccco2)c1. The van der Waals surface area contributed by atoms with E-state index in [1.54, 1.807) is 37.6 Å². The van der Waals surface area contributed by atoms with Crippen LogP contribution in [0.3, 0.4) is 0 Å². The Kier molecular flexibility index (Phi) is 8.47. The van der Waals surface area contributed by atoms with Crippen LogP contribution in [0.15, 0.2) is 52.1 Å². The predicted molar refractivity (Wildman–Crippen MR) is 105 cm³/mol.